The van der Waals surface area contributed by atoms with Crippen molar-refractivity contribution in [3.8, 4) is 0 Å². The van der Waals surface area contributed by atoms with E-state index in [4.69, 9.17) is 4.74 Å². The minimum Gasteiger partial charge on any atom is -0.366 e. The highest BCUT2D eigenvalue weighted by molar-refractivity contribution is 5.97. The number of morpholine rings is 1. The number of likely N-dealkylation sites (N-methyl/N-ethyl adjacent to an activating group) is 1. The molecular formula is C18H21N3O2. The summed E-state index contributed by atoms with van der Waals surface area (Å²) < 4.78 is 5.57. The van der Waals surface area contributed by atoms with Gasteiger partial charge in [-0.1, -0.05) is 30.3 Å². The molecule has 3 rings (SSSR count). The Labute approximate surface area is 136 Å². The number of carbonyl (C=O) groups excluding carboxylic acids is 1. The van der Waals surface area contributed by atoms with Crippen LogP contribution in [0.1, 0.15) is 0 Å². The second-order valence-corrected chi connectivity index (χ2v) is 5.65. The number of carbonyl (C=O) groups is 1. The average Bonchev–Trinajstić information content (AvgIpc) is 2.57. The van der Waals surface area contributed by atoms with E-state index in [1.807, 2.05) is 61.6 Å². The van der Waals surface area contributed by atoms with Crippen molar-refractivity contribution in [1.29, 1.82) is 0 Å². The zero-order valence-electron chi connectivity index (χ0n) is 13.2. The number of nitrogens with zero attached hydrogens (tertiary/aromatic N) is 1. The molecule has 1 saturated heterocycles. The Bertz CT molecular complexity index is 660. The molecule has 1 heterocycles. The van der Waals surface area contributed by atoms with Gasteiger partial charge in [0.15, 0.2) is 0 Å². The third-order valence-electron chi connectivity index (χ3n) is 3.80. The number of nitrogens with one attached hydrogen (secondary N) is 2. The molecular weight excluding hydrogens is 290 g/mol. The normalized spacial score (nSPS) is 18.4. The summed E-state index contributed by atoms with van der Waals surface area (Å²) in [4.78, 5) is 14.5. The highest BCUT2D eigenvalue weighted by Gasteiger charge is 2.25. The zero-order valence-corrected chi connectivity index (χ0v) is 13.2. The third kappa shape index (κ3) is 4.09. The van der Waals surface area contributed by atoms with Crippen LogP contribution in [0.4, 0.5) is 17.1 Å². The average molecular weight is 311 g/mol. The first kappa shape index (κ1) is 15.5. The molecule has 0 saturated carbocycles. The van der Waals surface area contributed by atoms with E-state index in [0.717, 1.165) is 23.6 Å². The summed E-state index contributed by atoms with van der Waals surface area (Å²) in [7, 11) is 1.99. The lowest BCUT2D eigenvalue weighted by Gasteiger charge is -2.29. The molecule has 1 aliphatic heterocycles. The maximum Gasteiger partial charge on any atom is 0.254 e. The number of para-hydroxylation sites is 3. The standard InChI is InChI=1S/C18H21N3O2/c1-21-11-12-23-17(13-21)18(22)20-16-10-6-5-9-15(16)19-14-7-3-2-4-8-14/h2-10,17,19H,11-13H2,1H3,(H,20,22). The van der Waals surface area contributed by atoms with E-state index in [0.29, 0.717) is 13.2 Å². The highest BCUT2D eigenvalue weighted by atomic mass is 16.5. The van der Waals surface area contributed by atoms with Crippen molar-refractivity contribution >= 4 is 23.0 Å². The predicted molar refractivity (Wildman–Crippen MR) is 92.0 cm³/mol. The van der Waals surface area contributed by atoms with Gasteiger partial charge in [0.05, 0.1) is 18.0 Å². The quantitative estimate of drug-likeness (QED) is 0.911. The molecule has 1 fully saturated rings. The van der Waals surface area contributed by atoms with Gasteiger partial charge in [-0.25, -0.2) is 0 Å². The van der Waals surface area contributed by atoms with E-state index in [1.54, 1.807) is 0 Å². The summed E-state index contributed by atoms with van der Waals surface area (Å²) in [6, 6.07) is 17.5. The number of anilines is 3. The van der Waals surface area contributed by atoms with Gasteiger partial charge in [-0.3, -0.25) is 4.79 Å². The van der Waals surface area contributed by atoms with E-state index in [9.17, 15) is 4.79 Å². The Hall–Kier alpha value is -2.37. The van der Waals surface area contributed by atoms with Gasteiger partial charge in [-0.05, 0) is 31.3 Å². The van der Waals surface area contributed by atoms with Gasteiger partial charge < -0.3 is 20.3 Å². The van der Waals surface area contributed by atoms with Crippen molar-refractivity contribution in [2.75, 3.05) is 37.4 Å². The van der Waals surface area contributed by atoms with Gasteiger partial charge in [0.25, 0.3) is 5.91 Å². The van der Waals surface area contributed by atoms with Crippen molar-refractivity contribution in [3.05, 3.63) is 54.6 Å². The van der Waals surface area contributed by atoms with Crippen molar-refractivity contribution < 1.29 is 9.53 Å². The molecule has 0 radical (unpaired) electrons. The molecule has 23 heavy (non-hydrogen) atoms. The van der Waals surface area contributed by atoms with Crippen LogP contribution < -0.4 is 10.6 Å². The fourth-order valence-electron chi connectivity index (χ4n) is 2.53. The van der Waals surface area contributed by atoms with Crippen LogP contribution in [0.3, 0.4) is 0 Å². The smallest absolute Gasteiger partial charge is 0.254 e. The minimum absolute atomic E-state index is 0.112. The number of ether oxygens (including phenoxy) is 1. The molecule has 120 valence electrons. The first-order valence-corrected chi connectivity index (χ1v) is 7.74. The molecule has 0 aliphatic carbocycles. The molecule has 0 aromatic heterocycles. The van der Waals surface area contributed by atoms with Gasteiger partial charge in [0.2, 0.25) is 0 Å². The molecule has 0 bridgehead atoms. The second kappa shape index (κ2) is 7.26. The Morgan fingerprint density at radius 2 is 1.78 bits per heavy atom. The van der Waals surface area contributed by atoms with Gasteiger partial charge in [0.1, 0.15) is 6.10 Å². The van der Waals surface area contributed by atoms with E-state index in [2.05, 4.69) is 15.5 Å². The van der Waals surface area contributed by atoms with Gasteiger partial charge in [-0.2, -0.15) is 0 Å². The topological polar surface area (TPSA) is 53.6 Å². The number of hydrogen-bond donors (Lipinski definition) is 2. The monoisotopic (exact) mass is 311 g/mol. The van der Waals surface area contributed by atoms with Crippen LogP contribution in [-0.4, -0.2) is 43.7 Å². The van der Waals surface area contributed by atoms with Crippen LogP contribution >= 0.6 is 0 Å². The van der Waals surface area contributed by atoms with Crippen molar-refractivity contribution in [3.63, 3.8) is 0 Å². The molecule has 1 amide bonds. The number of benzene rings is 2. The van der Waals surface area contributed by atoms with E-state index < -0.39 is 6.10 Å². The van der Waals surface area contributed by atoms with Crippen LogP contribution in [0.2, 0.25) is 0 Å². The van der Waals surface area contributed by atoms with Gasteiger partial charge >= 0.3 is 0 Å². The fraction of sp³-hybridized carbons (Fsp3) is 0.278. The minimum atomic E-state index is -0.432. The van der Waals surface area contributed by atoms with Crippen LogP contribution in [-0.2, 0) is 9.53 Å². The molecule has 5 heteroatoms. The van der Waals surface area contributed by atoms with Crippen LogP contribution in [0.15, 0.2) is 54.6 Å². The number of rotatable bonds is 4. The summed E-state index contributed by atoms with van der Waals surface area (Å²) in [5.74, 6) is -0.112. The van der Waals surface area contributed by atoms with Crippen molar-refractivity contribution in [2.24, 2.45) is 0 Å². The van der Waals surface area contributed by atoms with Crippen LogP contribution in [0, 0.1) is 0 Å². The number of amides is 1. The summed E-state index contributed by atoms with van der Waals surface area (Å²) in [5.41, 5.74) is 2.58. The summed E-state index contributed by atoms with van der Waals surface area (Å²) in [6.45, 7) is 2.05. The van der Waals surface area contributed by atoms with Crippen molar-refractivity contribution in [2.45, 2.75) is 6.10 Å². The molecule has 1 atom stereocenters. The Kier molecular flexibility index (Phi) is 4.90. The lowest BCUT2D eigenvalue weighted by Crippen LogP contribution is -2.46. The molecule has 1 unspecified atom stereocenters. The largest absolute Gasteiger partial charge is 0.366 e. The zero-order chi connectivity index (χ0) is 16.1. The Morgan fingerprint density at radius 1 is 1.09 bits per heavy atom. The van der Waals surface area contributed by atoms with E-state index in [-0.39, 0.29) is 5.91 Å². The molecule has 2 aromatic rings. The summed E-state index contributed by atoms with van der Waals surface area (Å²) in [5, 5.41) is 6.29. The third-order valence-corrected chi connectivity index (χ3v) is 3.80. The first-order chi connectivity index (χ1) is 11.2. The first-order valence-electron chi connectivity index (χ1n) is 7.74. The fourth-order valence-corrected chi connectivity index (χ4v) is 2.53. The molecule has 0 spiro atoms. The molecule has 5 nitrogen and oxygen atoms in total. The SMILES string of the molecule is CN1CCOC(C(=O)Nc2ccccc2Nc2ccccc2)C1. The lowest BCUT2D eigenvalue weighted by atomic mass is 10.2. The maximum atomic E-state index is 12.4. The summed E-state index contributed by atoms with van der Waals surface area (Å²) in [6.07, 6.45) is -0.432. The van der Waals surface area contributed by atoms with Gasteiger partial charge in [-0.15, -0.1) is 0 Å². The van der Waals surface area contributed by atoms with Crippen LogP contribution in [0.5, 0.6) is 0 Å². The molecule has 1 aliphatic rings. The predicted octanol–water partition coefficient (Wildman–Crippen LogP) is 2.70. The van der Waals surface area contributed by atoms with Gasteiger partial charge in [0, 0.05) is 18.8 Å². The van der Waals surface area contributed by atoms with Crippen molar-refractivity contribution in [1.82, 2.24) is 4.90 Å². The Morgan fingerprint density at radius 3 is 2.52 bits per heavy atom. The molecule has 2 N–H and O–H groups in total. The highest BCUT2D eigenvalue weighted by Crippen LogP contribution is 2.25. The number of hydrogen-bond acceptors (Lipinski definition) is 4. The summed E-state index contributed by atoms with van der Waals surface area (Å²) >= 11 is 0. The second-order valence-electron chi connectivity index (χ2n) is 5.65. The maximum absolute atomic E-state index is 12.4. The molecule has 2 aromatic carbocycles. The lowest BCUT2D eigenvalue weighted by molar-refractivity contribution is -0.132. The van der Waals surface area contributed by atoms with E-state index >= 15 is 0 Å². The van der Waals surface area contributed by atoms with Crippen LogP contribution in [0.25, 0.3) is 0 Å². The van der Waals surface area contributed by atoms with E-state index in [1.165, 1.54) is 0 Å². The Balaban J connectivity index is 1.71.